The van der Waals surface area contributed by atoms with Gasteiger partial charge in [0.1, 0.15) is 5.75 Å². The van der Waals surface area contributed by atoms with Gasteiger partial charge in [-0.2, -0.15) is 0 Å². The number of fused-ring (bicyclic) bond motifs is 3. The van der Waals surface area contributed by atoms with Crippen LogP contribution in [0.25, 0.3) is 11.1 Å². The molecule has 1 aliphatic heterocycles. The normalized spacial score (nSPS) is 13.3. The summed E-state index contributed by atoms with van der Waals surface area (Å²) in [5, 5.41) is 0. The molecule has 0 saturated carbocycles. The maximum absolute atomic E-state index is 5.81. The van der Waals surface area contributed by atoms with E-state index in [1.165, 1.54) is 11.1 Å². The topological polar surface area (TPSA) is 22.1 Å². The van der Waals surface area contributed by atoms with Crippen LogP contribution in [-0.4, -0.2) is 11.6 Å². The number of hydrogen-bond acceptors (Lipinski definition) is 2. The Kier molecular flexibility index (Phi) is 2.36. The number of rotatable bonds is 0. The molecule has 1 aromatic carbocycles. The van der Waals surface area contributed by atoms with Crippen molar-refractivity contribution < 1.29 is 4.74 Å². The number of aromatic nitrogens is 1. The van der Waals surface area contributed by atoms with E-state index in [4.69, 9.17) is 4.74 Å². The average Bonchev–Trinajstić information content (AvgIpc) is 2.47. The molecule has 1 aromatic heterocycles. The van der Waals surface area contributed by atoms with E-state index in [0.29, 0.717) is 6.61 Å². The lowest BCUT2D eigenvalue weighted by molar-refractivity contribution is 0.325. The Hall–Kier alpha value is -1.83. The molecule has 0 unspecified atom stereocenters. The summed E-state index contributed by atoms with van der Waals surface area (Å²) < 4.78 is 5.81. The molecule has 2 heteroatoms. The molecule has 0 N–H and O–H groups in total. The number of aryl methyl sites for hydroxylation is 2. The first kappa shape index (κ1) is 10.3. The molecule has 2 nitrogen and oxygen atoms in total. The van der Waals surface area contributed by atoms with E-state index in [9.17, 15) is 0 Å². The van der Waals surface area contributed by atoms with Crippen molar-refractivity contribution >= 4 is 0 Å². The standard InChI is InChI=1S/C15H15NO/c1-10-3-5-13-12-6-4-11(2)16-14(12)7-8-17-15(13)9-10/h3-6,9H,7-8H2,1-2H3. The number of nitrogens with zero attached hydrogens (tertiary/aromatic N) is 1. The van der Waals surface area contributed by atoms with Crippen LogP contribution in [0.1, 0.15) is 17.0 Å². The SMILES string of the molecule is Cc1ccc2c(c1)OCCc1nc(C)ccc1-2. The second kappa shape index (κ2) is 3.88. The third-order valence-electron chi connectivity index (χ3n) is 3.14. The third kappa shape index (κ3) is 1.80. The van der Waals surface area contributed by atoms with Crippen LogP contribution in [0.4, 0.5) is 0 Å². The molecule has 86 valence electrons. The Morgan fingerprint density at radius 3 is 2.76 bits per heavy atom. The van der Waals surface area contributed by atoms with Crippen molar-refractivity contribution in [1.82, 2.24) is 4.98 Å². The molecule has 2 aromatic rings. The highest BCUT2D eigenvalue weighted by molar-refractivity contribution is 5.73. The first-order valence-corrected chi connectivity index (χ1v) is 5.94. The highest BCUT2D eigenvalue weighted by Crippen LogP contribution is 2.35. The maximum atomic E-state index is 5.81. The predicted molar refractivity (Wildman–Crippen MR) is 68.3 cm³/mol. The molecule has 0 amide bonds. The quantitative estimate of drug-likeness (QED) is 0.686. The predicted octanol–water partition coefficient (Wildman–Crippen LogP) is 3.30. The molecule has 2 heterocycles. The smallest absolute Gasteiger partial charge is 0.127 e. The van der Waals surface area contributed by atoms with Gasteiger partial charge in [0.05, 0.1) is 12.3 Å². The second-order valence-corrected chi connectivity index (χ2v) is 4.54. The lowest BCUT2D eigenvalue weighted by atomic mass is 10.0. The number of hydrogen-bond donors (Lipinski definition) is 0. The summed E-state index contributed by atoms with van der Waals surface area (Å²) in [5.74, 6) is 0.981. The molecule has 0 aliphatic carbocycles. The zero-order valence-electron chi connectivity index (χ0n) is 10.2. The lowest BCUT2D eigenvalue weighted by Crippen LogP contribution is -2.00. The third-order valence-corrected chi connectivity index (χ3v) is 3.14. The van der Waals surface area contributed by atoms with Gasteiger partial charge in [-0.25, -0.2) is 0 Å². The van der Waals surface area contributed by atoms with Crippen molar-refractivity contribution in [2.24, 2.45) is 0 Å². The van der Waals surface area contributed by atoms with E-state index in [0.717, 1.165) is 29.1 Å². The summed E-state index contributed by atoms with van der Waals surface area (Å²) in [6, 6.07) is 10.6. The minimum absolute atomic E-state index is 0.708. The van der Waals surface area contributed by atoms with Crippen LogP contribution < -0.4 is 4.74 Å². The Morgan fingerprint density at radius 1 is 1.06 bits per heavy atom. The van der Waals surface area contributed by atoms with E-state index in [1.54, 1.807) is 0 Å². The number of ether oxygens (including phenoxy) is 1. The first-order chi connectivity index (χ1) is 8.24. The lowest BCUT2D eigenvalue weighted by Gasteiger charge is -2.09. The molecule has 0 saturated heterocycles. The van der Waals surface area contributed by atoms with Crippen molar-refractivity contribution in [2.45, 2.75) is 20.3 Å². The van der Waals surface area contributed by atoms with Crippen LogP contribution in [-0.2, 0) is 6.42 Å². The average molecular weight is 225 g/mol. The summed E-state index contributed by atoms with van der Waals surface area (Å²) >= 11 is 0. The fourth-order valence-electron chi connectivity index (χ4n) is 2.28. The highest BCUT2D eigenvalue weighted by Gasteiger charge is 2.16. The second-order valence-electron chi connectivity index (χ2n) is 4.54. The van der Waals surface area contributed by atoms with Crippen molar-refractivity contribution in [3.05, 3.63) is 47.3 Å². The van der Waals surface area contributed by atoms with Gasteiger partial charge in [-0.3, -0.25) is 4.98 Å². The summed E-state index contributed by atoms with van der Waals surface area (Å²) in [4.78, 5) is 4.62. The minimum Gasteiger partial charge on any atom is -0.493 e. The molecule has 3 rings (SSSR count). The van der Waals surface area contributed by atoms with Crippen molar-refractivity contribution in [3.8, 4) is 16.9 Å². The van der Waals surface area contributed by atoms with Crippen molar-refractivity contribution in [1.29, 1.82) is 0 Å². The van der Waals surface area contributed by atoms with E-state index in [1.807, 2.05) is 6.92 Å². The first-order valence-electron chi connectivity index (χ1n) is 5.94. The van der Waals surface area contributed by atoms with Gasteiger partial charge in [0, 0.05) is 23.2 Å². The van der Waals surface area contributed by atoms with E-state index < -0.39 is 0 Å². The molecule has 17 heavy (non-hydrogen) atoms. The maximum Gasteiger partial charge on any atom is 0.127 e. The summed E-state index contributed by atoms with van der Waals surface area (Å²) in [5.41, 5.74) is 5.82. The monoisotopic (exact) mass is 225 g/mol. The van der Waals surface area contributed by atoms with Gasteiger partial charge in [-0.05, 0) is 31.5 Å². The van der Waals surface area contributed by atoms with Crippen LogP contribution in [0.15, 0.2) is 30.3 Å². The molecule has 1 aliphatic rings. The van der Waals surface area contributed by atoms with Crippen LogP contribution in [0.2, 0.25) is 0 Å². The zero-order chi connectivity index (χ0) is 11.8. The van der Waals surface area contributed by atoms with Crippen molar-refractivity contribution in [3.63, 3.8) is 0 Å². The van der Waals surface area contributed by atoms with E-state index in [2.05, 4.69) is 42.2 Å². The summed E-state index contributed by atoms with van der Waals surface area (Å²) in [6.45, 7) is 4.82. The van der Waals surface area contributed by atoms with Gasteiger partial charge in [0.2, 0.25) is 0 Å². The summed E-state index contributed by atoms with van der Waals surface area (Å²) in [6.07, 6.45) is 0.880. The molecule has 0 radical (unpaired) electrons. The van der Waals surface area contributed by atoms with Gasteiger partial charge in [-0.15, -0.1) is 0 Å². The molecule has 0 bridgehead atoms. The Bertz CT molecular complexity index is 524. The summed E-state index contributed by atoms with van der Waals surface area (Å²) in [7, 11) is 0. The number of benzene rings is 1. The fourth-order valence-corrected chi connectivity index (χ4v) is 2.28. The molecule has 0 fully saturated rings. The Balaban J connectivity index is 2.24. The molecular weight excluding hydrogens is 210 g/mol. The fraction of sp³-hybridized carbons (Fsp3) is 0.267. The highest BCUT2D eigenvalue weighted by atomic mass is 16.5. The zero-order valence-corrected chi connectivity index (χ0v) is 10.2. The molecule has 0 atom stereocenters. The van der Waals surface area contributed by atoms with Crippen LogP contribution in [0.5, 0.6) is 5.75 Å². The van der Waals surface area contributed by atoms with Crippen LogP contribution in [0, 0.1) is 13.8 Å². The Labute approximate surface area is 101 Å². The van der Waals surface area contributed by atoms with E-state index >= 15 is 0 Å². The van der Waals surface area contributed by atoms with Gasteiger partial charge < -0.3 is 4.74 Å². The van der Waals surface area contributed by atoms with E-state index in [-0.39, 0.29) is 0 Å². The Morgan fingerprint density at radius 2 is 1.88 bits per heavy atom. The van der Waals surface area contributed by atoms with Crippen LogP contribution in [0.3, 0.4) is 0 Å². The number of pyridine rings is 1. The van der Waals surface area contributed by atoms with Gasteiger partial charge >= 0.3 is 0 Å². The van der Waals surface area contributed by atoms with Gasteiger partial charge in [0.15, 0.2) is 0 Å². The minimum atomic E-state index is 0.708. The van der Waals surface area contributed by atoms with Crippen molar-refractivity contribution in [2.75, 3.05) is 6.61 Å². The van der Waals surface area contributed by atoms with Gasteiger partial charge in [0.25, 0.3) is 0 Å². The van der Waals surface area contributed by atoms with Crippen LogP contribution >= 0.6 is 0 Å². The molecular formula is C15H15NO. The molecule has 0 spiro atoms. The largest absolute Gasteiger partial charge is 0.493 e. The van der Waals surface area contributed by atoms with Gasteiger partial charge in [-0.1, -0.05) is 18.2 Å².